The zero-order valence-electron chi connectivity index (χ0n) is 20.7. The van der Waals surface area contributed by atoms with Gasteiger partial charge in [0.15, 0.2) is 0 Å². The predicted molar refractivity (Wildman–Crippen MR) is 137 cm³/mol. The summed E-state index contributed by atoms with van der Waals surface area (Å²) in [6.07, 6.45) is 3.50. The van der Waals surface area contributed by atoms with Gasteiger partial charge in [-0.05, 0) is 43.9 Å². The maximum Gasteiger partial charge on any atom is 0.242 e. The second kappa shape index (κ2) is 13.1. The van der Waals surface area contributed by atoms with Gasteiger partial charge >= 0.3 is 0 Å². The molecule has 2 aromatic carbocycles. The minimum Gasteiger partial charge on any atom is -0.354 e. The van der Waals surface area contributed by atoms with Gasteiger partial charge in [-0.1, -0.05) is 61.9 Å². The van der Waals surface area contributed by atoms with Crippen molar-refractivity contribution >= 4 is 27.5 Å². The molecule has 1 unspecified atom stereocenters. The number of hydrogen-bond acceptors (Lipinski definition) is 4. The molecule has 0 heterocycles. The molecular weight excluding hydrogens is 450 g/mol. The highest BCUT2D eigenvalue weighted by atomic mass is 32.2. The summed E-state index contributed by atoms with van der Waals surface area (Å²) in [6, 6.07) is 16.2. The summed E-state index contributed by atoms with van der Waals surface area (Å²) in [7, 11) is -3.51. The molecule has 34 heavy (non-hydrogen) atoms. The fourth-order valence-corrected chi connectivity index (χ4v) is 4.75. The largest absolute Gasteiger partial charge is 0.354 e. The Bertz CT molecular complexity index is 1040. The van der Waals surface area contributed by atoms with Crippen molar-refractivity contribution in [2.24, 2.45) is 0 Å². The Morgan fingerprint density at radius 2 is 1.65 bits per heavy atom. The number of aryl methyl sites for hydroxylation is 1. The van der Waals surface area contributed by atoms with Gasteiger partial charge in [0.25, 0.3) is 0 Å². The molecule has 7 nitrogen and oxygen atoms in total. The lowest BCUT2D eigenvalue weighted by Crippen LogP contribution is -2.48. The Hall–Kier alpha value is -2.87. The summed E-state index contributed by atoms with van der Waals surface area (Å²) >= 11 is 0. The third kappa shape index (κ3) is 8.17. The topological polar surface area (TPSA) is 86.8 Å². The maximum absolute atomic E-state index is 13.2. The molecule has 1 N–H and O–H groups in total. The summed E-state index contributed by atoms with van der Waals surface area (Å²) in [5.74, 6) is -0.365. The first kappa shape index (κ1) is 27.4. The van der Waals surface area contributed by atoms with Crippen molar-refractivity contribution in [3.8, 4) is 0 Å². The van der Waals surface area contributed by atoms with Crippen molar-refractivity contribution in [3.63, 3.8) is 0 Å². The van der Waals surface area contributed by atoms with E-state index in [-0.39, 0.29) is 24.8 Å². The molecule has 0 aliphatic rings. The third-order valence-electron chi connectivity index (χ3n) is 5.73. The van der Waals surface area contributed by atoms with Crippen LogP contribution in [0.15, 0.2) is 54.6 Å². The smallest absolute Gasteiger partial charge is 0.242 e. The van der Waals surface area contributed by atoms with Gasteiger partial charge in [0.1, 0.15) is 6.04 Å². The lowest BCUT2D eigenvalue weighted by molar-refractivity contribution is -0.140. The molecule has 0 fully saturated rings. The average molecular weight is 488 g/mol. The fraction of sp³-hybridized carbons (Fsp3) is 0.462. The van der Waals surface area contributed by atoms with Crippen LogP contribution in [0, 0.1) is 6.92 Å². The van der Waals surface area contributed by atoms with Crippen LogP contribution in [0.2, 0.25) is 0 Å². The van der Waals surface area contributed by atoms with Crippen LogP contribution in [0.25, 0.3) is 0 Å². The Morgan fingerprint density at radius 1 is 1.00 bits per heavy atom. The minimum absolute atomic E-state index is 0.136. The molecule has 0 aliphatic carbocycles. The van der Waals surface area contributed by atoms with Crippen LogP contribution in [0.4, 0.5) is 5.69 Å². The van der Waals surface area contributed by atoms with Gasteiger partial charge in [-0.25, -0.2) is 8.42 Å². The SMILES string of the molecule is CCCCNC(=O)C(C)N(Cc1ccccc1)C(=O)CCCN(c1ccccc1C)S(C)(=O)=O. The first-order valence-electron chi connectivity index (χ1n) is 11.8. The number of benzene rings is 2. The van der Waals surface area contributed by atoms with E-state index in [1.165, 1.54) is 10.6 Å². The second-order valence-electron chi connectivity index (χ2n) is 8.55. The van der Waals surface area contributed by atoms with Crippen molar-refractivity contribution in [2.45, 2.75) is 59.0 Å². The number of unbranched alkanes of at least 4 members (excludes halogenated alkanes) is 1. The van der Waals surface area contributed by atoms with Gasteiger partial charge in [0.05, 0.1) is 11.9 Å². The van der Waals surface area contributed by atoms with Gasteiger partial charge in [-0.2, -0.15) is 0 Å². The molecule has 0 saturated carbocycles. The summed E-state index contributed by atoms with van der Waals surface area (Å²) in [5, 5.41) is 2.91. The molecule has 2 aromatic rings. The highest BCUT2D eigenvalue weighted by Crippen LogP contribution is 2.23. The highest BCUT2D eigenvalue weighted by molar-refractivity contribution is 7.92. The van der Waals surface area contributed by atoms with E-state index in [0.29, 0.717) is 25.2 Å². The van der Waals surface area contributed by atoms with Crippen molar-refractivity contribution in [2.75, 3.05) is 23.7 Å². The quantitative estimate of drug-likeness (QED) is 0.435. The number of para-hydroxylation sites is 1. The molecule has 186 valence electrons. The average Bonchev–Trinajstić information content (AvgIpc) is 2.80. The molecule has 1 atom stereocenters. The monoisotopic (exact) mass is 487 g/mol. The zero-order chi connectivity index (χ0) is 25.1. The van der Waals surface area contributed by atoms with Crippen LogP contribution in [0.1, 0.15) is 50.7 Å². The van der Waals surface area contributed by atoms with Crippen molar-refractivity contribution in [1.29, 1.82) is 0 Å². The van der Waals surface area contributed by atoms with Gasteiger partial charge in [0.2, 0.25) is 21.8 Å². The number of nitrogens with zero attached hydrogens (tertiary/aromatic N) is 2. The van der Waals surface area contributed by atoms with Gasteiger partial charge in [-0.15, -0.1) is 0 Å². The number of amides is 2. The van der Waals surface area contributed by atoms with Gasteiger partial charge in [0, 0.05) is 26.1 Å². The molecule has 2 amide bonds. The number of carbonyl (C=O) groups excluding carboxylic acids is 2. The molecule has 0 aliphatic heterocycles. The normalized spacial score (nSPS) is 12.1. The third-order valence-corrected chi connectivity index (χ3v) is 6.91. The molecular formula is C26H37N3O4S. The number of nitrogens with one attached hydrogen (secondary N) is 1. The van der Waals surface area contributed by atoms with Crippen LogP contribution in [0.5, 0.6) is 0 Å². The molecule has 0 aromatic heterocycles. The first-order valence-corrected chi connectivity index (χ1v) is 13.6. The number of rotatable bonds is 13. The van der Waals surface area contributed by atoms with Crippen LogP contribution in [-0.4, -0.2) is 50.5 Å². The van der Waals surface area contributed by atoms with Crippen LogP contribution in [-0.2, 0) is 26.2 Å². The summed E-state index contributed by atoms with van der Waals surface area (Å²) < 4.78 is 26.2. The van der Waals surface area contributed by atoms with E-state index < -0.39 is 16.1 Å². The van der Waals surface area contributed by atoms with E-state index in [1.807, 2.05) is 49.4 Å². The number of anilines is 1. The Morgan fingerprint density at radius 3 is 2.26 bits per heavy atom. The van der Waals surface area contributed by atoms with Crippen molar-refractivity contribution < 1.29 is 18.0 Å². The van der Waals surface area contributed by atoms with E-state index in [9.17, 15) is 18.0 Å². The summed E-state index contributed by atoms with van der Waals surface area (Å²) in [6.45, 7) is 6.73. The minimum atomic E-state index is -3.51. The Labute approximate surface area is 204 Å². The lowest BCUT2D eigenvalue weighted by atomic mass is 10.1. The van der Waals surface area contributed by atoms with E-state index in [4.69, 9.17) is 0 Å². The van der Waals surface area contributed by atoms with E-state index in [0.717, 1.165) is 24.0 Å². The molecule has 8 heteroatoms. The van der Waals surface area contributed by atoms with Crippen molar-refractivity contribution in [3.05, 3.63) is 65.7 Å². The van der Waals surface area contributed by atoms with Gasteiger partial charge < -0.3 is 10.2 Å². The summed E-state index contributed by atoms with van der Waals surface area (Å²) in [5.41, 5.74) is 2.39. The van der Waals surface area contributed by atoms with Crippen molar-refractivity contribution in [1.82, 2.24) is 10.2 Å². The van der Waals surface area contributed by atoms with Gasteiger partial charge in [-0.3, -0.25) is 13.9 Å². The second-order valence-corrected chi connectivity index (χ2v) is 10.5. The van der Waals surface area contributed by atoms with E-state index in [2.05, 4.69) is 12.2 Å². The van der Waals surface area contributed by atoms with E-state index in [1.54, 1.807) is 24.0 Å². The summed E-state index contributed by atoms with van der Waals surface area (Å²) in [4.78, 5) is 27.5. The van der Waals surface area contributed by atoms with Crippen LogP contribution >= 0.6 is 0 Å². The van der Waals surface area contributed by atoms with E-state index >= 15 is 0 Å². The zero-order valence-corrected chi connectivity index (χ0v) is 21.5. The van der Waals surface area contributed by atoms with Crippen LogP contribution in [0.3, 0.4) is 0 Å². The first-order chi connectivity index (χ1) is 16.1. The molecule has 0 radical (unpaired) electrons. The number of carbonyl (C=O) groups is 2. The molecule has 0 saturated heterocycles. The molecule has 0 bridgehead atoms. The maximum atomic E-state index is 13.2. The highest BCUT2D eigenvalue weighted by Gasteiger charge is 2.26. The number of sulfonamides is 1. The molecule has 0 spiro atoms. The predicted octanol–water partition coefficient (Wildman–Crippen LogP) is 3.87. The Balaban J connectivity index is 2.12. The molecule has 2 rings (SSSR count). The fourth-order valence-electron chi connectivity index (χ4n) is 3.72. The lowest BCUT2D eigenvalue weighted by Gasteiger charge is -2.29. The van der Waals surface area contributed by atoms with Crippen LogP contribution < -0.4 is 9.62 Å². The number of hydrogen-bond donors (Lipinski definition) is 1. The Kier molecular flexibility index (Phi) is 10.6. The standard InChI is InChI=1S/C26H37N3O4S/c1-5-6-18-27-26(31)22(3)28(20-23-14-8-7-9-15-23)25(30)17-12-19-29(34(4,32)33)24-16-11-10-13-21(24)2/h7-11,13-16,22H,5-6,12,17-20H2,1-4H3,(H,27,31).